The molecule has 0 saturated heterocycles. The number of carbonyl (C=O) groups excluding carboxylic acids is 1. The van der Waals surface area contributed by atoms with E-state index in [-0.39, 0.29) is 25.5 Å². The summed E-state index contributed by atoms with van der Waals surface area (Å²) in [5.41, 5.74) is 0. The van der Waals surface area contributed by atoms with Crippen LogP contribution in [0.4, 0.5) is 0 Å². The quantitative estimate of drug-likeness (QED) is 0.322. The van der Waals surface area contributed by atoms with Crippen LogP contribution in [0.3, 0.4) is 0 Å². The first-order valence-corrected chi connectivity index (χ1v) is 2.54. The van der Waals surface area contributed by atoms with E-state index in [1.165, 1.54) is 0 Å². The standard InChI is InChI=1S/C5H8O4.Li.H/c1-2-9-5(8)3-4(6)7;;/h2-3H2,1H3,(H,6,7);;. The summed E-state index contributed by atoms with van der Waals surface area (Å²) in [5, 5.41) is 8.01. The van der Waals surface area contributed by atoms with Crippen molar-refractivity contribution in [2.75, 3.05) is 6.61 Å². The molecule has 0 bridgehead atoms. The van der Waals surface area contributed by atoms with Crippen LogP contribution in [0.25, 0.3) is 0 Å². The average Bonchev–Trinajstić information content (AvgIpc) is 1.63. The Bertz CT molecular complexity index is 123. The molecule has 0 aromatic carbocycles. The van der Waals surface area contributed by atoms with Gasteiger partial charge >= 0.3 is 30.8 Å². The molecule has 0 saturated carbocycles. The Morgan fingerprint density at radius 3 is 2.30 bits per heavy atom. The SMILES string of the molecule is CCOC(=O)CC(=O)O.[LiH]. The van der Waals surface area contributed by atoms with E-state index in [0.29, 0.717) is 0 Å². The molecule has 0 aromatic heterocycles. The van der Waals surface area contributed by atoms with Gasteiger partial charge in [-0.2, -0.15) is 0 Å². The fourth-order valence-electron chi connectivity index (χ4n) is 0.335. The van der Waals surface area contributed by atoms with Gasteiger partial charge in [0.25, 0.3) is 0 Å². The van der Waals surface area contributed by atoms with E-state index in [4.69, 9.17) is 5.11 Å². The van der Waals surface area contributed by atoms with Crippen LogP contribution >= 0.6 is 0 Å². The molecular weight excluding hydrogens is 131 g/mol. The average molecular weight is 140 g/mol. The van der Waals surface area contributed by atoms with Crippen LogP contribution in [0.1, 0.15) is 13.3 Å². The molecule has 0 amide bonds. The maximum absolute atomic E-state index is 10.3. The van der Waals surface area contributed by atoms with Crippen molar-refractivity contribution in [3.63, 3.8) is 0 Å². The summed E-state index contributed by atoms with van der Waals surface area (Å²) in [6.07, 6.45) is -0.548. The summed E-state index contributed by atoms with van der Waals surface area (Å²) in [6, 6.07) is 0. The Balaban J connectivity index is 0. The summed E-state index contributed by atoms with van der Waals surface area (Å²) in [6.45, 7) is 1.85. The zero-order valence-corrected chi connectivity index (χ0v) is 5.09. The van der Waals surface area contributed by atoms with E-state index >= 15 is 0 Å². The summed E-state index contributed by atoms with van der Waals surface area (Å²) in [4.78, 5) is 20.0. The summed E-state index contributed by atoms with van der Waals surface area (Å²) >= 11 is 0. The van der Waals surface area contributed by atoms with Crippen molar-refractivity contribution in [3.8, 4) is 0 Å². The Hall–Kier alpha value is -0.463. The van der Waals surface area contributed by atoms with Gasteiger partial charge < -0.3 is 9.84 Å². The van der Waals surface area contributed by atoms with Gasteiger partial charge in [-0.05, 0) is 6.92 Å². The monoisotopic (exact) mass is 140 g/mol. The van der Waals surface area contributed by atoms with Gasteiger partial charge in [0, 0.05) is 0 Å². The number of hydrogen-bond acceptors (Lipinski definition) is 3. The Labute approximate surface area is 70.7 Å². The van der Waals surface area contributed by atoms with Gasteiger partial charge in [0.05, 0.1) is 6.61 Å². The molecule has 0 atom stereocenters. The third-order valence-electron chi connectivity index (χ3n) is 0.601. The molecular formula is C5H9LiO4. The minimum atomic E-state index is -1.16. The van der Waals surface area contributed by atoms with E-state index in [0.717, 1.165) is 0 Å². The molecule has 0 spiro atoms. The molecule has 0 aliphatic rings. The number of esters is 1. The van der Waals surface area contributed by atoms with Crippen molar-refractivity contribution in [2.24, 2.45) is 0 Å². The third kappa shape index (κ3) is 7.54. The second kappa shape index (κ2) is 6.65. The number of aliphatic carboxylic acids is 1. The van der Waals surface area contributed by atoms with Gasteiger partial charge in [0.15, 0.2) is 0 Å². The Kier molecular flexibility index (Phi) is 8.14. The predicted molar refractivity (Wildman–Crippen MR) is 36.0 cm³/mol. The van der Waals surface area contributed by atoms with Gasteiger partial charge in [-0.15, -0.1) is 0 Å². The van der Waals surface area contributed by atoms with Crippen LogP contribution < -0.4 is 0 Å². The van der Waals surface area contributed by atoms with E-state index in [1.54, 1.807) is 6.92 Å². The fraction of sp³-hybridized carbons (Fsp3) is 0.600. The summed E-state index contributed by atoms with van der Waals surface area (Å²) < 4.78 is 4.33. The van der Waals surface area contributed by atoms with E-state index in [1.807, 2.05) is 0 Å². The van der Waals surface area contributed by atoms with Crippen LogP contribution in [0.2, 0.25) is 0 Å². The first-order valence-electron chi connectivity index (χ1n) is 2.54. The Morgan fingerprint density at radius 1 is 1.50 bits per heavy atom. The van der Waals surface area contributed by atoms with E-state index in [9.17, 15) is 9.59 Å². The van der Waals surface area contributed by atoms with Crippen molar-refractivity contribution >= 4 is 30.8 Å². The van der Waals surface area contributed by atoms with Gasteiger partial charge in [0.1, 0.15) is 6.42 Å². The molecule has 1 N–H and O–H groups in total. The van der Waals surface area contributed by atoms with Crippen LogP contribution in [0, 0.1) is 0 Å². The number of carboxylic acid groups (broad SMARTS) is 1. The van der Waals surface area contributed by atoms with Gasteiger partial charge in [-0.25, -0.2) is 0 Å². The van der Waals surface area contributed by atoms with Crippen molar-refractivity contribution in [1.82, 2.24) is 0 Å². The molecule has 10 heavy (non-hydrogen) atoms. The van der Waals surface area contributed by atoms with Crippen LogP contribution in [0.5, 0.6) is 0 Å². The predicted octanol–water partition coefficient (Wildman–Crippen LogP) is -0.624. The van der Waals surface area contributed by atoms with Gasteiger partial charge in [0.2, 0.25) is 0 Å². The van der Waals surface area contributed by atoms with E-state index in [2.05, 4.69) is 4.74 Å². The number of rotatable bonds is 3. The molecule has 0 fully saturated rings. The fourth-order valence-corrected chi connectivity index (χ4v) is 0.335. The Morgan fingerprint density at radius 2 is 2.00 bits per heavy atom. The minimum absolute atomic E-state index is 0. The number of carbonyl (C=O) groups is 2. The normalized spacial score (nSPS) is 7.70. The molecule has 0 rings (SSSR count). The molecule has 0 unspecified atom stereocenters. The molecule has 54 valence electrons. The molecule has 0 aromatic rings. The number of hydrogen-bond donors (Lipinski definition) is 1. The second-order valence-corrected chi connectivity index (χ2v) is 1.38. The number of ether oxygens (including phenoxy) is 1. The summed E-state index contributed by atoms with van der Waals surface area (Å²) in [7, 11) is 0. The van der Waals surface area contributed by atoms with Crippen LogP contribution in [-0.4, -0.2) is 42.5 Å². The van der Waals surface area contributed by atoms with Crippen molar-refractivity contribution in [3.05, 3.63) is 0 Å². The molecule has 4 nitrogen and oxygen atoms in total. The molecule has 5 heteroatoms. The zero-order chi connectivity index (χ0) is 7.28. The van der Waals surface area contributed by atoms with E-state index < -0.39 is 18.4 Å². The molecule has 0 radical (unpaired) electrons. The number of carboxylic acids is 1. The molecule has 0 heterocycles. The van der Waals surface area contributed by atoms with Crippen LogP contribution in [-0.2, 0) is 14.3 Å². The first-order chi connectivity index (χ1) is 4.16. The van der Waals surface area contributed by atoms with Crippen molar-refractivity contribution in [1.29, 1.82) is 0 Å². The zero-order valence-electron chi connectivity index (χ0n) is 5.09. The van der Waals surface area contributed by atoms with Crippen LogP contribution in [0.15, 0.2) is 0 Å². The second-order valence-electron chi connectivity index (χ2n) is 1.38. The third-order valence-corrected chi connectivity index (χ3v) is 0.601. The topological polar surface area (TPSA) is 63.6 Å². The summed E-state index contributed by atoms with van der Waals surface area (Å²) in [5.74, 6) is -1.85. The molecule has 0 aliphatic heterocycles. The van der Waals surface area contributed by atoms with Crippen molar-refractivity contribution < 1.29 is 19.4 Å². The van der Waals surface area contributed by atoms with Crippen molar-refractivity contribution in [2.45, 2.75) is 13.3 Å². The maximum atomic E-state index is 10.3. The first kappa shape index (κ1) is 12.2. The molecule has 0 aliphatic carbocycles. The van der Waals surface area contributed by atoms with Gasteiger partial charge in [-0.1, -0.05) is 0 Å². The van der Waals surface area contributed by atoms with Gasteiger partial charge in [-0.3, -0.25) is 9.59 Å².